The van der Waals surface area contributed by atoms with Gasteiger partial charge in [0.25, 0.3) is 0 Å². The fourth-order valence-corrected chi connectivity index (χ4v) is 2.17. The molecule has 106 valence electrons. The molecule has 1 aromatic carbocycles. The van der Waals surface area contributed by atoms with Gasteiger partial charge in [0.1, 0.15) is 0 Å². The number of nitrogens with two attached hydrogens (primary N) is 1. The molecule has 0 amide bonds. The highest BCUT2D eigenvalue weighted by molar-refractivity contribution is 5.68. The van der Waals surface area contributed by atoms with Gasteiger partial charge in [0.05, 0.1) is 24.1 Å². The Bertz CT molecular complexity index is 434. The van der Waals surface area contributed by atoms with Crippen molar-refractivity contribution in [1.82, 2.24) is 0 Å². The van der Waals surface area contributed by atoms with Crippen molar-refractivity contribution in [2.45, 2.75) is 32.3 Å². The first kappa shape index (κ1) is 13.9. The summed E-state index contributed by atoms with van der Waals surface area (Å²) in [5.74, 6) is 0.252. The van der Waals surface area contributed by atoms with Crippen LogP contribution in [0.4, 0.5) is 15.8 Å². The molecule has 0 spiro atoms. The average molecular weight is 268 g/mol. The Morgan fingerprint density at radius 3 is 2.84 bits per heavy atom. The Morgan fingerprint density at radius 2 is 2.21 bits per heavy atom. The third kappa shape index (κ3) is 3.50. The van der Waals surface area contributed by atoms with E-state index in [1.54, 1.807) is 6.07 Å². The van der Waals surface area contributed by atoms with Gasteiger partial charge < -0.3 is 20.9 Å². The predicted molar refractivity (Wildman–Crippen MR) is 73.8 cm³/mol. The van der Waals surface area contributed by atoms with Gasteiger partial charge in [-0.05, 0) is 25.2 Å². The van der Waals surface area contributed by atoms with Gasteiger partial charge in [-0.3, -0.25) is 0 Å². The van der Waals surface area contributed by atoms with Crippen molar-refractivity contribution in [2.75, 3.05) is 24.2 Å². The molecule has 4 nitrogen and oxygen atoms in total. The van der Waals surface area contributed by atoms with Crippen molar-refractivity contribution in [3.63, 3.8) is 0 Å². The zero-order valence-electron chi connectivity index (χ0n) is 11.2. The second-order valence-electron chi connectivity index (χ2n) is 5.09. The minimum Gasteiger partial charge on any atom is -0.490 e. The van der Waals surface area contributed by atoms with E-state index in [1.807, 2.05) is 6.92 Å². The summed E-state index contributed by atoms with van der Waals surface area (Å²) in [6.07, 6.45) is 2.29. The molecule has 19 heavy (non-hydrogen) atoms. The fourth-order valence-electron chi connectivity index (χ4n) is 2.17. The van der Waals surface area contributed by atoms with Crippen LogP contribution >= 0.6 is 0 Å². The summed E-state index contributed by atoms with van der Waals surface area (Å²) in [4.78, 5) is 0. The van der Waals surface area contributed by atoms with Crippen LogP contribution in [-0.4, -0.2) is 24.4 Å². The topological polar surface area (TPSA) is 67.5 Å². The van der Waals surface area contributed by atoms with Crippen LogP contribution in [0, 0.1) is 11.7 Å². The Kier molecular flexibility index (Phi) is 4.47. The Balaban J connectivity index is 1.98. The fraction of sp³-hybridized carbons (Fsp3) is 0.571. The van der Waals surface area contributed by atoms with Crippen molar-refractivity contribution >= 4 is 11.4 Å². The van der Waals surface area contributed by atoms with Crippen LogP contribution < -0.4 is 15.8 Å². The van der Waals surface area contributed by atoms with E-state index in [-0.39, 0.29) is 11.9 Å². The number of nitrogen functional groups attached to an aromatic ring is 1. The lowest BCUT2D eigenvalue weighted by atomic mass is 9.82. The van der Waals surface area contributed by atoms with Crippen molar-refractivity contribution in [3.05, 3.63) is 17.9 Å². The van der Waals surface area contributed by atoms with Gasteiger partial charge in [-0.15, -0.1) is 0 Å². The summed E-state index contributed by atoms with van der Waals surface area (Å²) in [7, 11) is 0. The molecule has 0 radical (unpaired) electrons. The number of rotatable bonds is 6. The molecule has 0 bridgehead atoms. The smallest absolute Gasteiger partial charge is 0.167 e. The lowest BCUT2D eigenvalue weighted by Gasteiger charge is -2.31. The van der Waals surface area contributed by atoms with Crippen molar-refractivity contribution in [2.24, 2.45) is 5.92 Å². The summed E-state index contributed by atoms with van der Waals surface area (Å²) in [6, 6.07) is 2.89. The highest BCUT2D eigenvalue weighted by atomic mass is 19.1. The van der Waals surface area contributed by atoms with Crippen molar-refractivity contribution in [1.29, 1.82) is 0 Å². The number of ether oxygens (including phenoxy) is 1. The van der Waals surface area contributed by atoms with E-state index in [0.717, 1.165) is 25.8 Å². The third-order valence-electron chi connectivity index (χ3n) is 3.36. The maximum atomic E-state index is 13.6. The molecule has 0 aromatic heterocycles. The molecule has 0 atom stereocenters. The third-order valence-corrected chi connectivity index (χ3v) is 3.36. The van der Waals surface area contributed by atoms with Crippen LogP contribution in [0.2, 0.25) is 0 Å². The maximum absolute atomic E-state index is 13.6. The van der Waals surface area contributed by atoms with Gasteiger partial charge >= 0.3 is 0 Å². The normalized spacial score (nSPS) is 21.8. The van der Waals surface area contributed by atoms with Gasteiger partial charge in [0, 0.05) is 18.7 Å². The molecule has 1 fully saturated rings. The average Bonchev–Trinajstić information content (AvgIpc) is 2.34. The second-order valence-corrected chi connectivity index (χ2v) is 5.09. The van der Waals surface area contributed by atoms with Crippen LogP contribution in [0.3, 0.4) is 0 Å². The molecule has 0 saturated heterocycles. The standard InChI is InChI=1S/C14H21FN2O2/c1-2-3-19-14-7-13(12(16)6-11(14)15)17-8-9-4-10(18)5-9/h6-7,9-10,17-18H,2-5,8,16H2,1H3. The van der Waals surface area contributed by atoms with Gasteiger partial charge in [-0.2, -0.15) is 0 Å². The molecule has 1 saturated carbocycles. The van der Waals surface area contributed by atoms with E-state index in [2.05, 4.69) is 5.32 Å². The Labute approximate surface area is 112 Å². The summed E-state index contributed by atoms with van der Waals surface area (Å²) < 4.78 is 19.0. The summed E-state index contributed by atoms with van der Waals surface area (Å²) >= 11 is 0. The van der Waals surface area contributed by atoms with Crippen LogP contribution in [-0.2, 0) is 0 Å². The van der Waals surface area contributed by atoms with E-state index >= 15 is 0 Å². The van der Waals surface area contributed by atoms with E-state index in [1.165, 1.54) is 6.07 Å². The zero-order chi connectivity index (χ0) is 13.8. The molecule has 2 rings (SSSR count). The molecule has 4 N–H and O–H groups in total. The maximum Gasteiger partial charge on any atom is 0.167 e. The highest BCUT2D eigenvalue weighted by Gasteiger charge is 2.26. The van der Waals surface area contributed by atoms with Crippen LogP contribution in [0.5, 0.6) is 5.75 Å². The number of hydrogen-bond donors (Lipinski definition) is 3. The number of halogens is 1. The zero-order valence-corrected chi connectivity index (χ0v) is 11.2. The first-order chi connectivity index (χ1) is 9.10. The Morgan fingerprint density at radius 1 is 1.47 bits per heavy atom. The Hall–Kier alpha value is -1.49. The monoisotopic (exact) mass is 268 g/mol. The van der Waals surface area contributed by atoms with Crippen molar-refractivity contribution < 1.29 is 14.2 Å². The summed E-state index contributed by atoms with van der Waals surface area (Å²) in [6.45, 7) is 3.19. The van der Waals surface area contributed by atoms with Crippen LogP contribution in [0.15, 0.2) is 12.1 Å². The summed E-state index contributed by atoms with van der Waals surface area (Å²) in [5, 5.41) is 12.4. The minimum absolute atomic E-state index is 0.166. The number of aliphatic hydroxyl groups is 1. The number of hydrogen-bond acceptors (Lipinski definition) is 4. The lowest BCUT2D eigenvalue weighted by molar-refractivity contribution is 0.0487. The second kappa shape index (κ2) is 6.10. The highest BCUT2D eigenvalue weighted by Crippen LogP contribution is 2.31. The van der Waals surface area contributed by atoms with Gasteiger partial charge in [-0.1, -0.05) is 6.92 Å². The van der Waals surface area contributed by atoms with E-state index in [4.69, 9.17) is 10.5 Å². The number of anilines is 2. The largest absolute Gasteiger partial charge is 0.490 e. The first-order valence-corrected chi connectivity index (χ1v) is 6.74. The van der Waals surface area contributed by atoms with Gasteiger partial charge in [0.2, 0.25) is 0 Å². The van der Waals surface area contributed by atoms with Gasteiger partial charge in [-0.25, -0.2) is 4.39 Å². The molecule has 5 heteroatoms. The summed E-state index contributed by atoms with van der Waals surface area (Å²) in [5.41, 5.74) is 6.85. The molecule has 0 aliphatic heterocycles. The molecular weight excluding hydrogens is 247 g/mol. The minimum atomic E-state index is -0.435. The van der Waals surface area contributed by atoms with E-state index in [0.29, 0.717) is 23.9 Å². The number of benzene rings is 1. The molecule has 1 aliphatic carbocycles. The molecule has 1 aromatic rings. The SMILES string of the molecule is CCCOc1cc(NCC2CC(O)C2)c(N)cc1F. The predicted octanol–water partition coefficient (Wildman–Crippen LogP) is 2.38. The number of nitrogens with one attached hydrogen (secondary N) is 1. The number of aliphatic hydroxyl groups excluding tert-OH is 1. The molecule has 0 heterocycles. The quantitative estimate of drug-likeness (QED) is 0.693. The first-order valence-electron chi connectivity index (χ1n) is 6.74. The molecule has 0 unspecified atom stereocenters. The van der Waals surface area contributed by atoms with Gasteiger partial charge in [0.15, 0.2) is 11.6 Å². The van der Waals surface area contributed by atoms with E-state index < -0.39 is 5.82 Å². The molecule has 1 aliphatic rings. The van der Waals surface area contributed by atoms with Crippen LogP contribution in [0.1, 0.15) is 26.2 Å². The lowest BCUT2D eigenvalue weighted by Crippen LogP contribution is -2.33. The van der Waals surface area contributed by atoms with Crippen molar-refractivity contribution in [3.8, 4) is 5.75 Å². The molecular formula is C14H21FN2O2. The van der Waals surface area contributed by atoms with Crippen LogP contribution in [0.25, 0.3) is 0 Å². The van der Waals surface area contributed by atoms with E-state index in [9.17, 15) is 9.50 Å².